The van der Waals surface area contributed by atoms with Gasteiger partial charge >= 0.3 is 11.8 Å². The van der Waals surface area contributed by atoms with Crippen LogP contribution in [0.15, 0.2) is 68.6 Å². The summed E-state index contributed by atoms with van der Waals surface area (Å²) in [5.74, 6) is -1.50. The molecule has 7 nitrogen and oxygen atoms in total. The van der Waals surface area contributed by atoms with Crippen LogP contribution in [0.1, 0.15) is 38.1 Å². The molecule has 0 unspecified atom stereocenters. The maximum Gasteiger partial charge on any atom is 0.422 e. The first-order chi connectivity index (χ1) is 15.1. The van der Waals surface area contributed by atoms with Crippen LogP contribution < -0.4 is 16.6 Å². The Morgan fingerprint density at radius 3 is 2.34 bits per heavy atom. The van der Waals surface area contributed by atoms with Gasteiger partial charge in [-0.05, 0) is 39.3 Å². The molecule has 1 atom stereocenters. The molecule has 0 aliphatic carbocycles. The molecule has 2 aromatic carbocycles. The zero-order valence-corrected chi connectivity index (χ0v) is 18.3. The van der Waals surface area contributed by atoms with Crippen molar-refractivity contribution in [3.05, 3.63) is 92.6 Å². The largest absolute Gasteiger partial charge is 0.444 e. The molecule has 168 valence electrons. The minimum absolute atomic E-state index is 0.0118. The smallest absolute Gasteiger partial charge is 0.422 e. The van der Waals surface area contributed by atoms with E-state index in [1.165, 1.54) is 25.1 Å². The summed E-state index contributed by atoms with van der Waals surface area (Å²) in [7, 11) is 0. The molecule has 0 spiro atoms. The number of nitrogens with one attached hydrogen (secondary N) is 1. The Bertz CT molecular complexity index is 1230. The first-order valence-electron chi connectivity index (χ1n) is 10.1. The Labute approximate surface area is 184 Å². The van der Waals surface area contributed by atoms with Crippen molar-refractivity contribution < 1.29 is 18.3 Å². The number of benzene rings is 2. The van der Waals surface area contributed by atoms with Gasteiger partial charge in [-0.3, -0.25) is 4.79 Å². The number of halogens is 1. The van der Waals surface area contributed by atoms with Crippen LogP contribution in [0.5, 0.6) is 0 Å². The summed E-state index contributed by atoms with van der Waals surface area (Å²) in [6, 6.07) is 13.8. The van der Waals surface area contributed by atoms with Crippen LogP contribution >= 0.6 is 0 Å². The van der Waals surface area contributed by atoms with Gasteiger partial charge in [-0.15, -0.1) is 0 Å². The number of alkyl carbamates (subject to hydrolysis) is 1. The molecule has 0 fully saturated rings. The van der Waals surface area contributed by atoms with Gasteiger partial charge < -0.3 is 14.5 Å². The number of amides is 1. The average molecular weight is 440 g/mol. The maximum absolute atomic E-state index is 14.4. The molecule has 0 bridgehead atoms. The van der Waals surface area contributed by atoms with Gasteiger partial charge in [0.15, 0.2) is 0 Å². The Hall–Kier alpha value is -3.68. The van der Waals surface area contributed by atoms with Gasteiger partial charge in [0.1, 0.15) is 17.2 Å². The highest BCUT2D eigenvalue weighted by molar-refractivity contribution is 5.68. The molecular formula is C24H25FN2O5. The van der Waals surface area contributed by atoms with Gasteiger partial charge in [-0.25, -0.2) is 18.5 Å². The van der Waals surface area contributed by atoms with Gasteiger partial charge in [0.2, 0.25) is 0 Å². The molecule has 0 radical (unpaired) electrons. The quantitative estimate of drug-likeness (QED) is 0.643. The first kappa shape index (κ1) is 23.0. The minimum atomic E-state index is -0.903. The molecule has 1 N–H and O–H groups in total. The monoisotopic (exact) mass is 440 g/mol. The van der Waals surface area contributed by atoms with Crippen molar-refractivity contribution >= 4 is 6.09 Å². The normalized spacial score (nSPS) is 12.3. The number of hydrogen-bond acceptors (Lipinski definition) is 5. The third-order valence-corrected chi connectivity index (χ3v) is 4.67. The van der Waals surface area contributed by atoms with Crippen LogP contribution in [0.4, 0.5) is 9.18 Å². The standard InChI is InChI=1S/C24H25FN2O5/c1-15-20(17-12-8-9-13-18(17)25)21(28)27(23(30)31-15)14-19(16-10-6-5-7-11-16)26-22(29)32-24(2,3)4/h5-13,19H,14H2,1-4H3,(H,26,29)/t19-/m0/s1. The molecule has 3 aromatic rings. The fraction of sp³-hybridized carbons (Fsp3) is 0.292. The van der Waals surface area contributed by atoms with E-state index in [0.29, 0.717) is 5.56 Å². The van der Waals surface area contributed by atoms with Crippen LogP contribution in [-0.4, -0.2) is 16.3 Å². The van der Waals surface area contributed by atoms with Crippen LogP contribution in [0.2, 0.25) is 0 Å². The van der Waals surface area contributed by atoms with Crippen molar-refractivity contribution in [1.29, 1.82) is 0 Å². The Morgan fingerprint density at radius 1 is 1.09 bits per heavy atom. The lowest BCUT2D eigenvalue weighted by molar-refractivity contribution is 0.0497. The molecule has 32 heavy (non-hydrogen) atoms. The zero-order valence-electron chi connectivity index (χ0n) is 18.3. The Balaban J connectivity index is 2.06. The highest BCUT2D eigenvalue weighted by Crippen LogP contribution is 2.22. The van der Waals surface area contributed by atoms with Crippen LogP contribution in [0.3, 0.4) is 0 Å². The second-order valence-electron chi connectivity index (χ2n) is 8.30. The molecule has 1 heterocycles. The zero-order chi connectivity index (χ0) is 23.5. The summed E-state index contributed by atoms with van der Waals surface area (Å²) in [5, 5.41) is 2.70. The van der Waals surface area contributed by atoms with E-state index in [1.807, 2.05) is 0 Å². The van der Waals surface area contributed by atoms with Gasteiger partial charge in [0, 0.05) is 5.56 Å². The molecule has 1 amide bonds. The molecule has 0 saturated carbocycles. The van der Waals surface area contributed by atoms with E-state index in [4.69, 9.17) is 9.15 Å². The Morgan fingerprint density at radius 2 is 1.72 bits per heavy atom. The third-order valence-electron chi connectivity index (χ3n) is 4.67. The highest BCUT2D eigenvalue weighted by Gasteiger charge is 2.24. The van der Waals surface area contributed by atoms with Gasteiger partial charge in [0.25, 0.3) is 5.56 Å². The summed E-state index contributed by atoms with van der Waals surface area (Å²) >= 11 is 0. The van der Waals surface area contributed by atoms with E-state index in [9.17, 15) is 18.8 Å². The van der Waals surface area contributed by atoms with Crippen molar-refractivity contribution in [1.82, 2.24) is 9.88 Å². The van der Waals surface area contributed by atoms with E-state index in [0.717, 1.165) is 4.57 Å². The molecule has 0 aliphatic heterocycles. The fourth-order valence-corrected chi connectivity index (χ4v) is 3.28. The molecule has 0 aliphatic rings. The molecule has 8 heteroatoms. The number of aryl methyl sites for hydroxylation is 1. The van der Waals surface area contributed by atoms with Crippen LogP contribution in [-0.2, 0) is 11.3 Å². The molecule has 3 rings (SSSR count). The molecular weight excluding hydrogens is 415 g/mol. The topological polar surface area (TPSA) is 90.5 Å². The number of carbonyl (C=O) groups excluding carboxylic acids is 1. The van der Waals surface area contributed by atoms with Crippen molar-refractivity contribution in [2.24, 2.45) is 0 Å². The molecule has 0 saturated heterocycles. The second kappa shape index (κ2) is 9.21. The fourth-order valence-electron chi connectivity index (χ4n) is 3.28. The van der Waals surface area contributed by atoms with Crippen molar-refractivity contribution in [2.75, 3.05) is 0 Å². The third kappa shape index (κ3) is 5.32. The van der Waals surface area contributed by atoms with E-state index >= 15 is 0 Å². The lowest BCUT2D eigenvalue weighted by Crippen LogP contribution is -2.41. The number of ether oxygens (including phenoxy) is 1. The summed E-state index contributed by atoms with van der Waals surface area (Å²) in [4.78, 5) is 38.2. The lowest BCUT2D eigenvalue weighted by Gasteiger charge is -2.24. The van der Waals surface area contributed by atoms with Crippen molar-refractivity contribution in [3.63, 3.8) is 0 Å². The summed E-state index contributed by atoms with van der Waals surface area (Å²) in [5.41, 5.74) is -0.813. The van der Waals surface area contributed by atoms with E-state index in [-0.39, 0.29) is 23.4 Å². The SMILES string of the molecule is Cc1oc(=O)n(C[C@H](NC(=O)OC(C)(C)C)c2ccccc2)c(=O)c1-c1ccccc1F. The summed E-state index contributed by atoms with van der Waals surface area (Å²) in [6.45, 7) is 6.38. The van der Waals surface area contributed by atoms with Crippen LogP contribution in [0.25, 0.3) is 11.1 Å². The van der Waals surface area contributed by atoms with E-state index < -0.39 is 34.9 Å². The van der Waals surface area contributed by atoms with Gasteiger partial charge in [-0.1, -0.05) is 48.5 Å². The molecule has 1 aromatic heterocycles. The number of rotatable bonds is 5. The minimum Gasteiger partial charge on any atom is -0.444 e. The summed E-state index contributed by atoms with van der Waals surface area (Å²) < 4.78 is 25.8. The van der Waals surface area contributed by atoms with E-state index in [1.54, 1.807) is 57.2 Å². The highest BCUT2D eigenvalue weighted by atomic mass is 19.1. The van der Waals surface area contributed by atoms with Gasteiger partial charge in [-0.2, -0.15) is 0 Å². The van der Waals surface area contributed by atoms with E-state index in [2.05, 4.69) is 5.32 Å². The predicted molar refractivity (Wildman–Crippen MR) is 118 cm³/mol. The van der Waals surface area contributed by atoms with Crippen molar-refractivity contribution in [3.8, 4) is 11.1 Å². The maximum atomic E-state index is 14.4. The second-order valence-corrected chi connectivity index (χ2v) is 8.30. The number of hydrogen-bond donors (Lipinski definition) is 1. The Kier molecular flexibility index (Phi) is 6.62. The van der Waals surface area contributed by atoms with Crippen LogP contribution in [0, 0.1) is 12.7 Å². The average Bonchev–Trinajstić information content (AvgIpc) is 2.70. The number of nitrogens with zero attached hydrogens (tertiary/aromatic N) is 1. The summed E-state index contributed by atoms with van der Waals surface area (Å²) in [6.07, 6.45) is -0.703. The predicted octanol–water partition coefficient (Wildman–Crippen LogP) is 4.18. The number of carbonyl (C=O) groups is 1. The lowest BCUT2D eigenvalue weighted by atomic mass is 10.0. The first-order valence-corrected chi connectivity index (χ1v) is 10.1. The van der Waals surface area contributed by atoms with Crippen molar-refractivity contribution in [2.45, 2.75) is 45.9 Å². The van der Waals surface area contributed by atoms with Gasteiger partial charge in [0.05, 0.1) is 18.2 Å². The number of aromatic nitrogens is 1.